The van der Waals surface area contributed by atoms with Gasteiger partial charge < -0.3 is 10.2 Å². The maximum Gasteiger partial charge on any atom is 0.0973 e. The third-order valence-corrected chi connectivity index (χ3v) is 10.6. The second-order valence-electron chi connectivity index (χ2n) is 15.1. The molecule has 0 spiro atoms. The number of hydrogen-bond acceptors (Lipinski definition) is 4. The Bertz CT molecular complexity index is 2880. The maximum absolute atomic E-state index is 5.47. The topological polar surface area (TPSA) is 41.1 Å². The van der Waals surface area contributed by atoms with Crippen LogP contribution in [0.1, 0.15) is 45.7 Å². The number of allylic oxidation sites excluding steroid dienone is 2. The summed E-state index contributed by atoms with van der Waals surface area (Å²) in [7, 11) is 0. The smallest absolute Gasteiger partial charge is 0.0973 e. The molecule has 0 amide bonds. The molecule has 324 valence electrons. The lowest BCUT2D eigenvalue weighted by Gasteiger charge is -2.26. The van der Waals surface area contributed by atoms with E-state index in [-0.39, 0.29) is 0 Å². The van der Waals surface area contributed by atoms with E-state index in [4.69, 9.17) is 9.97 Å². The third kappa shape index (κ3) is 11.4. The van der Waals surface area contributed by atoms with Gasteiger partial charge in [0.25, 0.3) is 0 Å². The predicted octanol–water partition coefficient (Wildman–Crippen LogP) is 17.8. The Hall–Kier alpha value is -7.82. The fraction of sp³-hybridized carbons (Fsp3) is 0.115. The van der Waals surface area contributed by atoms with Gasteiger partial charge in [-0.15, -0.1) is 13.2 Å². The highest BCUT2D eigenvalue weighted by molar-refractivity contribution is 5.96. The van der Waals surface area contributed by atoms with Crippen molar-refractivity contribution >= 4 is 39.5 Å². The predicted molar refractivity (Wildman–Crippen MR) is 283 cm³/mol. The average molecular weight is 849 g/mol. The molecule has 0 bridgehead atoms. The summed E-state index contributed by atoms with van der Waals surface area (Å²) >= 11 is 0. The summed E-state index contributed by atoms with van der Waals surface area (Å²) in [6.07, 6.45) is 4.48. The molecule has 0 aliphatic carbocycles. The fourth-order valence-electron chi connectivity index (χ4n) is 7.65. The number of rotatable bonds is 10. The van der Waals surface area contributed by atoms with E-state index in [2.05, 4.69) is 213 Å². The van der Waals surface area contributed by atoms with Crippen molar-refractivity contribution < 1.29 is 0 Å². The lowest BCUT2D eigenvalue weighted by atomic mass is 9.91. The second-order valence-corrected chi connectivity index (χ2v) is 15.1. The Morgan fingerprint density at radius 1 is 0.477 bits per heavy atom. The molecule has 4 heteroatoms. The van der Waals surface area contributed by atoms with E-state index < -0.39 is 0 Å². The first-order valence-corrected chi connectivity index (χ1v) is 22.5. The number of aryl methyl sites for hydroxylation is 2. The normalized spacial score (nSPS) is 10.2. The first-order valence-electron chi connectivity index (χ1n) is 22.5. The molecule has 65 heavy (non-hydrogen) atoms. The van der Waals surface area contributed by atoms with Gasteiger partial charge in [0.15, 0.2) is 0 Å². The van der Waals surface area contributed by atoms with Gasteiger partial charge in [0, 0.05) is 45.1 Å². The molecule has 0 fully saturated rings. The van der Waals surface area contributed by atoms with Gasteiger partial charge in [0.1, 0.15) is 0 Å². The lowest BCUT2D eigenvalue weighted by molar-refractivity contribution is 1.14. The summed E-state index contributed by atoms with van der Waals surface area (Å²) in [5.41, 5.74) is 18.1. The Morgan fingerprint density at radius 2 is 0.954 bits per heavy atom. The first kappa shape index (κ1) is 46.7. The van der Waals surface area contributed by atoms with E-state index in [1.807, 2.05) is 52.0 Å². The summed E-state index contributed by atoms with van der Waals surface area (Å²) in [6.45, 7) is 18.9. The zero-order valence-electron chi connectivity index (χ0n) is 38.7. The van der Waals surface area contributed by atoms with Crippen molar-refractivity contribution in [1.29, 1.82) is 0 Å². The molecule has 0 unspecified atom stereocenters. The summed E-state index contributed by atoms with van der Waals surface area (Å²) in [4.78, 5) is 13.1. The molecule has 0 aliphatic heterocycles. The monoisotopic (exact) mass is 848 g/mol. The molecule has 9 aromatic rings. The van der Waals surface area contributed by atoms with Crippen LogP contribution in [0.3, 0.4) is 0 Å². The number of para-hydroxylation sites is 3. The molecule has 1 heterocycles. The largest absolute Gasteiger partial charge is 0.356 e. The van der Waals surface area contributed by atoms with Crippen LogP contribution < -0.4 is 10.2 Å². The minimum atomic E-state index is 0.849. The van der Waals surface area contributed by atoms with Gasteiger partial charge in [-0.05, 0) is 128 Å². The lowest BCUT2D eigenvalue weighted by Crippen LogP contribution is -2.09. The molecule has 0 saturated carbocycles. The van der Waals surface area contributed by atoms with Gasteiger partial charge in [-0.25, -0.2) is 9.97 Å². The second kappa shape index (κ2) is 23.6. The maximum atomic E-state index is 5.47. The standard InChI is InChI=1S/C53H42N4.2C3H6.C2H6/c1-3-38-16-13-14-23-47(38)49-36-41(27-26-37(49)2)48-24-15-25-50-53(48)56-52(39-17-7-4-8-18-39)51(55-50)40-28-32-45(33-29-40)57(44-21-11-6-12-22-44)46-34-30-43(31-35-46)54-42-19-9-5-10-20-42;2*1-3-2;1-2/h4-36,54H,3H2,1-2H3;2*3H,1H2,2H3;1-2H3. The summed E-state index contributed by atoms with van der Waals surface area (Å²) < 4.78 is 0. The number of fused-ring (bicyclic) bond motifs is 1. The highest BCUT2D eigenvalue weighted by Crippen LogP contribution is 2.40. The summed E-state index contributed by atoms with van der Waals surface area (Å²) in [6, 6.07) is 70.2. The Labute approximate surface area is 387 Å². The number of benzene rings is 8. The summed E-state index contributed by atoms with van der Waals surface area (Å²) in [5, 5.41) is 3.50. The van der Waals surface area contributed by atoms with Crippen molar-refractivity contribution in [3.8, 4) is 44.8 Å². The van der Waals surface area contributed by atoms with Crippen molar-refractivity contribution in [2.24, 2.45) is 0 Å². The summed E-state index contributed by atoms with van der Waals surface area (Å²) in [5.74, 6) is 0. The van der Waals surface area contributed by atoms with Crippen LogP contribution >= 0.6 is 0 Å². The number of aromatic nitrogens is 2. The quantitative estimate of drug-likeness (QED) is 0.139. The average Bonchev–Trinajstić information content (AvgIpc) is 3.36. The van der Waals surface area contributed by atoms with Crippen LogP contribution in [0.5, 0.6) is 0 Å². The minimum Gasteiger partial charge on any atom is -0.356 e. The molecule has 0 radical (unpaired) electrons. The molecule has 4 nitrogen and oxygen atoms in total. The van der Waals surface area contributed by atoms with E-state index in [1.165, 1.54) is 22.3 Å². The first-order chi connectivity index (χ1) is 32.0. The highest BCUT2D eigenvalue weighted by Gasteiger charge is 2.19. The van der Waals surface area contributed by atoms with Crippen LogP contribution in [0.4, 0.5) is 28.4 Å². The number of nitrogens with zero attached hydrogens (tertiary/aromatic N) is 3. The zero-order chi connectivity index (χ0) is 46.0. The molecule has 9 rings (SSSR count). The molecule has 1 N–H and O–H groups in total. The van der Waals surface area contributed by atoms with Gasteiger partial charge in [-0.3, -0.25) is 0 Å². The van der Waals surface area contributed by atoms with Gasteiger partial charge in [-0.1, -0.05) is 160 Å². The molecule has 0 aliphatic rings. The molecule has 0 saturated heterocycles. The van der Waals surface area contributed by atoms with E-state index in [0.717, 1.165) is 79.5 Å². The molecular weight excluding hydrogens is 789 g/mol. The van der Waals surface area contributed by atoms with Gasteiger partial charge in [-0.2, -0.15) is 0 Å². The number of hydrogen-bond donors (Lipinski definition) is 1. The van der Waals surface area contributed by atoms with Crippen molar-refractivity contribution in [2.45, 2.75) is 48.0 Å². The Balaban J connectivity index is 0.000000821. The van der Waals surface area contributed by atoms with Crippen LogP contribution in [0, 0.1) is 6.92 Å². The van der Waals surface area contributed by atoms with Crippen molar-refractivity contribution in [1.82, 2.24) is 9.97 Å². The van der Waals surface area contributed by atoms with Crippen molar-refractivity contribution in [3.05, 3.63) is 237 Å². The van der Waals surface area contributed by atoms with Gasteiger partial charge >= 0.3 is 0 Å². The van der Waals surface area contributed by atoms with Crippen LogP contribution in [0.15, 0.2) is 226 Å². The fourth-order valence-corrected chi connectivity index (χ4v) is 7.65. The molecular formula is C61H60N4. The van der Waals surface area contributed by atoms with E-state index >= 15 is 0 Å². The molecule has 0 atom stereocenters. The number of nitrogens with one attached hydrogen (secondary N) is 1. The van der Waals surface area contributed by atoms with E-state index in [9.17, 15) is 0 Å². The van der Waals surface area contributed by atoms with Crippen LogP contribution in [0.2, 0.25) is 0 Å². The highest BCUT2D eigenvalue weighted by atomic mass is 15.1. The van der Waals surface area contributed by atoms with Crippen LogP contribution in [-0.4, -0.2) is 9.97 Å². The van der Waals surface area contributed by atoms with Crippen LogP contribution in [0.25, 0.3) is 55.8 Å². The molecule has 8 aromatic carbocycles. The van der Waals surface area contributed by atoms with Gasteiger partial charge in [0.2, 0.25) is 0 Å². The third-order valence-electron chi connectivity index (χ3n) is 10.6. The zero-order valence-corrected chi connectivity index (χ0v) is 38.7. The van der Waals surface area contributed by atoms with Gasteiger partial charge in [0.05, 0.1) is 22.4 Å². The van der Waals surface area contributed by atoms with Crippen molar-refractivity contribution in [2.75, 3.05) is 10.2 Å². The van der Waals surface area contributed by atoms with Crippen LogP contribution in [-0.2, 0) is 6.42 Å². The van der Waals surface area contributed by atoms with E-state index in [1.54, 1.807) is 12.2 Å². The number of anilines is 5. The minimum absolute atomic E-state index is 0.849. The molecule has 1 aromatic heterocycles. The Kier molecular flexibility index (Phi) is 16.9. The SMILES string of the molecule is C=CC.C=CC.CC.CCc1ccccc1-c1cc(-c2cccc3nc(-c4ccc(N(c5ccccc5)c5ccc(Nc6ccccc6)cc5)cc4)c(-c4ccccc4)nc23)ccc1C. The van der Waals surface area contributed by atoms with Crippen molar-refractivity contribution in [3.63, 3.8) is 0 Å². The van der Waals surface area contributed by atoms with E-state index in [0.29, 0.717) is 0 Å². The Morgan fingerprint density at radius 3 is 1.58 bits per heavy atom.